The molecule has 0 aliphatic carbocycles. The summed E-state index contributed by atoms with van der Waals surface area (Å²) < 4.78 is 34.4. The van der Waals surface area contributed by atoms with Crippen LogP contribution in [0.5, 0.6) is 5.88 Å². The number of ether oxygens (including phenoxy) is 1. The molecule has 0 saturated heterocycles. The number of aromatic nitrogens is 3. The second kappa shape index (κ2) is 7.88. The van der Waals surface area contributed by atoms with Crippen molar-refractivity contribution in [2.24, 2.45) is 0 Å². The summed E-state index contributed by atoms with van der Waals surface area (Å²) >= 11 is 12.8. The first kappa shape index (κ1) is 20.6. The minimum atomic E-state index is -3.95. The van der Waals surface area contributed by atoms with Crippen LogP contribution in [0, 0.1) is 0 Å². The molecule has 0 aliphatic rings. The maximum atomic E-state index is 12.7. The van der Waals surface area contributed by atoms with E-state index in [0.29, 0.717) is 16.8 Å². The van der Waals surface area contributed by atoms with Gasteiger partial charge in [-0.3, -0.25) is 13.9 Å². The highest BCUT2D eigenvalue weighted by atomic mass is 35.5. The molecule has 154 valence electrons. The highest BCUT2D eigenvalue weighted by molar-refractivity contribution is 7.94. The van der Waals surface area contributed by atoms with Crippen LogP contribution in [-0.4, -0.2) is 29.9 Å². The van der Waals surface area contributed by atoms with Crippen LogP contribution in [0.25, 0.3) is 16.8 Å². The van der Waals surface area contributed by atoms with Gasteiger partial charge in [-0.15, -0.1) is 11.3 Å². The summed E-state index contributed by atoms with van der Waals surface area (Å²) in [6, 6.07) is 6.42. The zero-order valence-corrected chi connectivity index (χ0v) is 18.3. The van der Waals surface area contributed by atoms with E-state index >= 15 is 0 Å². The fourth-order valence-electron chi connectivity index (χ4n) is 2.73. The Morgan fingerprint density at radius 2 is 1.90 bits per heavy atom. The van der Waals surface area contributed by atoms with Gasteiger partial charge in [0.1, 0.15) is 16.4 Å². The predicted molar refractivity (Wildman–Crippen MR) is 116 cm³/mol. The number of anilines is 1. The maximum Gasteiger partial charge on any atom is 0.276 e. The standard InChI is InChI=1S/C18H12Cl2N4O4S2/c1-28-16-14(23-30(26,27)18-12(19)4-5-29-18)6-11(7-22-16)10-2-3-15-21-8-13(20)17(25)24(15)9-10/h2-9,23H,1H3. The second-order valence-corrected chi connectivity index (χ2v) is 9.61. The molecule has 8 nitrogen and oxygen atoms in total. The second-order valence-electron chi connectivity index (χ2n) is 6.00. The molecule has 0 spiro atoms. The van der Waals surface area contributed by atoms with Gasteiger partial charge in [-0.1, -0.05) is 23.2 Å². The molecule has 1 N–H and O–H groups in total. The maximum absolute atomic E-state index is 12.7. The minimum absolute atomic E-state index is 0.0150. The summed E-state index contributed by atoms with van der Waals surface area (Å²) in [6.45, 7) is 0. The van der Waals surface area contributed by atoms with Gasteiger partial charge < -0.3 is 4.74 Å². The zero-order chi connectivity index (χ0) is 21.5. The van der Waals surface area contributed by atoms with Crippen LogP contribution in [-0.2, 0) is 10.0 Å². The van der Waals surface area contributed by atoms with Gasteiger partial charge in [-0.2, -0.15) is 0 Å². The van der Waals surface area contributed by atoms with Gasteiger partial charge in [0.2, 0.25) is 5.88 Å². The number of thiophene rings is 1. The van der Waals surface area contributed by atoms with Crippen molar-refractivity contribution in [3.63, 3.8) is 0 Å². The number of nitrogens with one attached hydrogen (secondary N) is 1. The van der Waals surface area contributed by atoms with Crippen molar-refractivity contribution in [2.75, 3.05) is 11.8 Å². The zero-order valence-electron chi connectivity index (χ0n) is 15.2. The molecule has 0 bridgehead atoms. The molecular formula is C18H12Cl2N4O4S2. The van der Waals surface area contributed by atoms with Crippen LogP contribution in [0.4, 0.5) is 5.69 Å². The van der Waals surface area contributed by atoms with E-state index in [4.69, 9.17) is 27.9 Å². The molecule has 0 fully saturated rings. The Balaban J connectivity index is 1.80. The van der Waals surface area contributed by atoms with Crippen molar-refractivity contribution < 1.29 is 13.2 Å². The number of hydrogen-bond acceptors (Lipinski definition) is 7. The van der Waals surface area contributed by atoms with E-state index in [9.17, 15) is 13.2 Å². The molecule has 0 aromatic carbocycles. The first-order valence-corrected chi connectivity index (χ1v) is 11.4. The third-order valence-corrected chi connectivity index (χ3v) is 7.76. The Kier molecular flexibility index (Phi) is 5.41. The summed E-state index contributed by atoms with van der Waals surface area (Å²) in [7, 11) is -2.57. The molecule has 0 aliphatic heterocycles. The predicted octanol–water partition coefficient (Wildman–Crippen LogP) is 3.93. The number of sulfonamides is 1. The number of pyridine rings is 2. The van der Waals surface area contributed by atoms with Crippen molar-refractivity contribution in [1.82, 2.24) is 14.4 Å². The van der Waals surface area contributed by atoms with Gasteiger partial charge in [0.05, 0.1) is 18.3 Å². The molecule has 4 aromatic rings. The molecule has 0 unspecified atom stereocenters. The van der Waals surface area contributed by atoms with Gasteiger partial charge in [-0.05, 0) is 29.6 Å². The highest BCUT2D eigenvalue weighted by Gasteiger charge is 2.22. The van der Waals surface area contributed by atoms with E-state index in [2.05, 4.69) is 14.7 Å². The van der Waals surface area contributed by atoms with Gasteiger partial charge in [0.25, 0.3) is 15.6 Å². The van der Waals surface area contributed by atoms with E-state index in [1.807, 2.05) is 0 Å². The van der Waals surface area contributed by atoms with E-state index in [1.165, 1.54) is 30.0 Å². The lowest BCUT2D eigenvalue weighted by molar-refractivity contribution is 0.400. The summed E-state index contributed by atoms with van der Waals surface area (Å²) in [6.07, 6.45) is 4.34. The average molecular weight is 483 g/mol. The molecule has 4 aromatic heterocycles. The van der Waals surface area contributed by atoms with Crippen LogP contribution in [0.3, 0.4) is 0 Å². The van der Waals surface area contributed by atoms with Gasteiger partial charge >= 0.3 is 0 Å². The molecule has 4 heterocycles. The molecule has 12 heteroatoms. The topological polar surface area (TPSA) is 103 Å². The van der Waals surface area contributed by atoms with Crippen LogP contribution < -0.4 is 15.0 Å². The van der Waals surface area contributed by atoms with Crippen molar-refractivity contribution in [2.45, 2.75) is 4.21 Å². The summed E-state index contributed by atoms with van der Waals surface area (Å²) in [4.78, 5) is 20.6. The number of hydrogen-bond donors (Lipinski definition) is 1. The van der Waals surface area contributed by atoms with Gasteiger partial charge in [0.15, 0.2) is 4.21 Å². The smallest absolute Gasteiger partial charge is 0.276 e. The Morgan fingerprint density at radius 3 is 2.60 bits per heavy atom. The number of nitrogens with zero attached hydrogens (tertiary/aromatic N) is 3. The number of rotatable bonds is 5. The van der Waals surface area contributed by atoms with Gasteiger partial charge in [-0.25, -0.2) is 18.4 Å². The molecule has 0 atom stereocenters. The number of fused-ring (bicyclic) bond motifs is 1. The first-order chi connectivity index (χ1) is 14.3. The summed E-state index contributed by atoms with van der Waals surface area (Å²) in [5.74, 6) is 0.0812. The van der Waals surface area contributed by atoms with Crippen molar-refractivity contribution in [3.8, 4) is 17.0 Å². The third-order valence-electron chi connectivity index (χ3n) is 4.11. The monoisotopic (exact) mass is 482 g/mol. The third kappa shape index (κ3) is 3.74. The van der Waals surface area contributed by atoms with Crippen LogP contribution >= 0.6 is 34.5 Å². The van der Waals surface area contributed by atoms with Crippen LogP contribution in [0.2, 0.25) is 10.0 Å². The molecule has 0 amide bonds. The van der Waals surface area contributed by atoms with Crippen molar-refractivity contribution >= 4 is 55.9 Å². The van der Waals surface area contributed by atoms with Gasteiger partial charge in [0, 0.05) is 23.5 Å². The van der Waals surface area contributed by atoms with Crippen molar-refractivity contribution in [3.05, 3.63) is 68.6 Å². The highest BCUT2D eigenvalue weighted by Crippen LogP contribution is 2.33. The first-order valence-electron chi connectivity index (χ1n) is 8.27. The lowest BCUT2D eigenvalue weighted by Crippen LogP contribution is -2.15. The lowest BCUT2D eigenvalue weighted by Gasteiger charge is -2.12. The number of halogens is 2. The Hall–Kier alpha value is -2.66. The van der Waals surface area contributed by atoms with E-state index in [1.54, 1.807) is 29.8 Å². The van der Waals surface area contributed by atoms with Crippen LogP contribution in [0.15, 0.2) is 57.2 Å². The quantitative estimate of drug-likeness (QED) is 0.462. The fraction of sp³-hybridized carbons (Fsp3) is 0.0556. The Morgan fingerprint density at radius 1 is 1.10 bits per heavy atom. The van der Waals surface area contributed by atoms with Crippen molar-refractivity contribution in [1.29, 1.82) is 0 Å². The molecule has 4 rings (SSSR count). The lowest BCUT2D eigenvalue weighted by atomic mass is 10.1. The summed E-state index contributed by atoms with van der Waals surface area (Å²) in [5.41, 5.74) is 1.26. The average Bonchev–Trinajstić information content (AvgIpc) is 3.17. The Bertz CT molecular complexity index is 1430. The van der Waals surface area contributed by atoms with Crippen LogP contribution in [0.1, 0.15) is 0 Å². The van der Waals surface area contributed by atoms with E-state index in [-0.39, 0.29) is 25.8 Å². The molecule has 0 saturated carbocycles. The minimum Gasteiger partial charge on any atom is -0.480 e. The Labute approximate surface area is 184 Å². The summed E-state index contributed by atoms with van der Waals surface area (Å²) in [5, 5.41) is 1.68. The normalized spacial score (nSPS) is 11.6. The van der Waals surface area contributed by atoms with E-state index in [0.717, 1.165) is 11.3 Å². The fourth-order valence-corrected chi connectivity index (χ4v) is 5.61. The molecular weight excluding hydrogens is 471 g/mol. The number of methoxy groups -OCH3 is 1. The molecule has 0 radical (unpaired) electrons. The molecule has 30 heavy (non-hydrogen) atoms. The van der Waals surface area contributed by atoms with E-state index < -0.39 is 15.6 Å². The SMILES string of the molecule is COc1ncc(-c2ccc3ncc(Cl)c(=O)n3c2)cc1NS(=O)(=O)c1sccc1Cl. The largest absolute Gasteiger partial charge is 0.480 e.